The third-order valence-corrected chi connectivity index (χ3v) is 6.30. The second-order valence-electron chi connectivity index (χ2n) is 6.55. The molecule has 0 aliphatic carbocycles. The van der Waals surface area contributed by atoms with Gasteiger partial charge in [-0.1, -0.05) is 66.5 Å². The number of nitrogens with zero attached hydrogens (tertiary/aromatic N) is 1. The summed E-state index contributed by atoms with van der Waals surface area (Å²) in [4.78, 5) is 27.0. The fraction of sp³-hybridized carbons (Fsp3) is 0.364. The van der Waals surface area contributed by atoms with E-state index in [1.165, 1.54) is 11.8 Å². The Kier molecular flexibility index (Phi) is 9.85. The number of rotatable bonds is 10. The molecule has 2 rings (SSSR count). The minimum absolute atomic E-state index is 0.0652. The molecule has 156 valence electrons. The normalized spacial score (nSPS) is 11.7. The number of carbonyl (C=O) groups excluding carboxylic acids is 2. The van der Waals surface area contributed by atoms with E-state index in [0.717, 1.165) is 11.1 Å². The summed E-state index contributed by atoms with van der Waals surface area (Å²) in [7, 11) is 1.60. The highest BCUT2D eigenvalue weighted by Gasteiger charge is 2.27. The average molecular weight is 453 g/mol. The summed E-state index contributed by atoms with van der Waals surface area (Å²) in [6, 6.07) is 14.8. The van der Waals surface area contributed by atoms with Gasteiger partial charge in [0.05, 0.1) is 5.75 Å². The Morgan fingerprint density at radius 1 is 1.07 bits per heavy atom. The largest absolute Gasteiger partial charge is 0.357 e. The van der Waals surface area contributed by atoms with Crippen LogP contribution < -0.4 is 5.32 Å². The van der Waals surface area contributed by atoms with E-state index in [1.807, 2.05) is 37.3 Å². The van der Waals surface area contributed by atoms with Crippen LogP contribution in [0.4, 0.5) is 0 Å². The van der Waals surface area contributed by atoms with Crippen LogP contribution in [0.2, 0.25) is 10.0 Å². The highest BCUT2D eigenvalue weighted by atomic mass is 35.5. The molecule has 4 nitrogen and oxygen atoms in total. The van der Waals surface area contributed by atoms with Gasteiger partial charge in [0.25, 0.3) is 0 Å². The lowest BCUT2D eigenvalue weighted by Gasteiger charge is -2.30. The van der Waals surface area contributed by atoms with E-state index in [0.29, 0.717) is 35.2 Å². The fourth-order valence-electron chi connectivity index (χ4n) is 3.06. The van der Waals surface area contributed by atoms with Crippen LogP contribution in [0.1, 0.15) is 24.5 Å². The molecular weight excluding hydrogens is 427 g/mol. The standard InChI is InChI=1S/C22H26Cl2N2O2S/c1-3-20(22(28)25-2)26(13-12-16-8-5-4-6-9-16)21(27)15-29-14-17-18(23)10-7-11-19(17)24/h4-11,20H,3,12-15H2,1-2H3,(H,25,28)/t20-/m1/s1. The molecule has 0 unspecified atom stereocenters. The Hall–Kier alpha value is -1.69. The molecule has 0 aromatic heterocycles. The quantitative estimate of drug-likeness (QED) is 0.561. The van der Waals surface area contributed by atoms with Gasteiger partial charge in [0.2, 0.25) is 11.8 Å². The van der Waals surface area contributed by atoms with Gasteiger partial charge in [-0.3, -0.25) is 9.59 Å². The zero-order valence-electron chi connectivity index (χ0n) is 16.7. The molecule has 29 heavy (non-hydrogen) atoms. The van der Waals surface area contributed by atoms with E-state index in [-0.39, 0.29) is 17.6 Å². The minimum atomic E-state index is -0.485. The van der Waals surface area contributed by atoms with Crippen LogP contribution in [0.15, 0.2) is 48.5 Å². The fourth-order valence-corrected chi connectivity index (χ4v) is 4.70. The van der Waals surface area contributed by atoms with Crippen molar-refractivity contribution in [1.82, 2.24) is 10.2 Å². The van der Waals surface area contributed by atoms with E-state index >= 15 is 0 Å². The van der Waals surface area contributed by atoms with Crippen LogP contribution in [0.25, 0.3) is 0 Å². The van der Waals surface area contributed by atoms with Gasteiger partial charge >= 0.3 is 0 Å². The lowest BCUT2D eigenvalue weighted by molar-refractivity contribution is -0.138. The Bertz CT molecular complexity index is 797. The van der Waals surface area contributed by atoms with Crippen molar-refractivity contribution in [3.05, 3.63) is 69.7 Å². The molecule has 0 saturated heterocycles. The van der Waals surface area contributed by atoms with E-state index in [2.05, 4.69) is 5.32 Å². The molecular formula is C22H26Cl2N2O2S. The molecule has 2 aromatic carbocycles. The molecule has 0 saturated carbocycles. The molecule has 0 radical (unpaired) electrons. The monoisotopic (exact) mass is 452 g/mol. The first kappa shape index (κ1) is 23.6. The molecule has 2 aromatic rings. The Morgan fingerprint density at radius 2 is 1.72 bits per heavy atom. The summed E-state index contributed by atoms with van der Waals surface area (Å²) in [6.07, 6.45) is 1.25. The van der Waals surface area contributed by atoms with Crippen molar-refractivity contribution in [1.29, 1.82) is 0 Å². The second kappa shape index (κ2) is 12.1. The summed E-state index contributed by atoms with van der Waals surface area (Å²) < 4.78 is 0. The zero-order valence-corrected chi connectivity index (χ0v) is 19.0. The van der Waals surface area contributed by atoms with Crippen molar-refractivity contribution < 1.29 is 9.59 Å². The molecule has 0 fully saturated rings. The molecule has 0 aliphatic heterocycles. The number of hydrogen-bond acceptors (Lipinski definition) is 3. The van der Waals surface area contributed by atoms with Gasteiger partial charge in [-0.15, -0.1) is 11.8 Å². The van der Waals surface area contributed by atoms with Gasteiger partial charge in [-0.05, 0) is 36.1 Å². The van der Waals surface area contributed by atoms with Gasteiger partial charge in [-0.2, -0.15) is 0 Å². The highest BCUT2D eigenvalue weighted by Crippen LogP contribution is 2.28. The zero-order chi connectivity index (χ0) is 21.2. The van der Waals surface area contributed by atoms with Crippen LogP contribution in [0.5, 0.6) is 0 Å². The number of nitrogens with one attached hydrogen (secondary N) is 1. The maximum absolute atomic E-state index is 13.0. The first-order valence-corrected chi connectivity index (χ1v) is 11.4. The predicted molar refractivity (Wildman–Crippen MR) is 123 cm³/mol. The number of halogens is 2. The van der Waals surface area contributed by atoms with Crippen molar-refractivity contribution in [3.63, 3.8) is 0 Å². The summed E-state index contributed by atoms with van der Waals surface area (Å²) in [5.41, 5.74) is 1.95. The van der Waals surface area contributed by atoms with E-state index < -0.39 is 6.04 Å². The smallest absolute Gasteiger partial charge is 0.242 e. The number of amides is 2. The van der Waals surface area contributed by atoms with Crippen molar-refractivity contribution in [2.75, 3.05) is 19.3 Å². The third kappa shape index (κ3) is 6.95. The van der Waals surface area contributed by atoms with Gasteiger partial charge in [0.15, 0.2) is 0 Å². The van der Waals surface area contributed by atoms with Crippen molar-refractivity contribution in [3.8, 4) is 0 Å². The van der Waals surface area contributed by atoms with Crippen molar-refractivity contribution in [2.45, 2.75) is 31.6 Å². The Balaban J connectivity index is 2.05. The molecule has 1 N–H and O–H groups in total. The van der Waals surface area contributed by atoms with Crippen LogP contribution in [-0.2, 0) is 21.8 Å². The molecule has 1 atom stereocenters. The van der Waals surface area contributed by atoms with Gasteiger partial charge < -0.3 is 10.2 Å². The first-order valence-electron chi connectivity index (χ1n) is 9.53. The third-order valence-electron chi connectivity index (χ3n) is 4.65. The first-order chi connectivity index (χ1) is 14.0. The van der Waals surface area contributed by atoms with E-state index in [9.17, 15) is 9.59 Å². The van der Waals surface area contributed by atoms with Gasteiger partial charge in [-0.25, -0.2) is 0 Å². The lowest BCUT2D eigenvalue weighted by Crippen LogP contribution is -2.50. The van der Waals surface area contributed by atoms with Crippen LogP contribution in [0.3, 0.4) is 0 Å². The Labute approximate surface area is 187 Å². The molecule has 7 heteroatoms. The molecule has 0 spiro atoms. The molecule has 0 aliphatic rings. The number of benzene rings is 2. The SMILES string of the molecule is CC[C@H](C(=O)NC)N(CCc1ccccc1)C(=O)CSCc1c(Cl)cccc1Cl. The van der Waals surface area contributed by atoms with E-state index in [1.54, 1.807) is 30.1 Å². The number of hydrogen-bond donors (Lipinski definition) is 1. The average Bonchev–Trinajstić information content (AvgIpc) is 2.73. The number of carbonyl (C=O) groups is 2. The summed E-state index contributed by atoms with van der Waals surface area (Å²) in [6.45, 7) is 2.40. The number of likely N-dealkylation sites (N-methyl/N-ethyl adjacent to an activating group) is 1. The van der Waals surface area contributed by atoms with Crippen LogP contribution in [0, 0.1) is 0 Å². The molecule has 2 amide bonds. The van der Waals surface area contributed by atoms with Gasteiger partial charge in [0, 0.05) is 29.4 Å². The predicted octanol–water partition coefficient (Wildman–Crippen LogP) is 4.82. The molecule has 0 bridgehead atoms. The second-order valence-corrected chi connectivity index (χ2v) is 8.35. The lowest BCUT2D eigenvalue weighted by atomic mass is 10.1. The van der Waals surface area contributed by atoms with Crippen molar-refractivity contribution in [2.24, 2.45) is 0 Å². The maximum atomic E-state index is 13.0. The maximum Gasteiger partial charge on any atom is 0.242 e. The van der Waals surface area contributed by atoms with E-state index in [4.69, 9.17) is 23.2 Å². The minimum Gasteiger partial charge on any atom is -0.357 e. The summed E-state index contributed by atoms with van der Waals surface area (Å²) >= 11 is 13.9. The van der Waals surface area contributed by atoms with Crippen molar-refractivity contribution >= 4 is 46.8 Å². The number of thioether (sulfide) groups is 1. The van der Waals surface area contributed by atoms with Crippen LogP contribution >= 0.6 is 35.0 Å². The topological polar surface area (TPSA) is 49.4 Å². The Morgan fingerprint density at radius 3 is 2.31 bits per heavy atom. The summed E-state index contributed by atoms with van der Waals surface area (Å²) in [5.74, 6) is 0.579. The van der Waals surface area contributed by atoms with Crippen LogP contribution in [-0.4, -0.2) is 42.1 Å². The van der Waals surface area contributed by atoms with Gasteiger partial charge in [0.1, 0.15) is 6.04 Å². The molecule has 0 heterocycles. The summed E-state index contributed by atoms with van der Waals surface area (Å²) in [5, 5.41) is 3.86. The highest BCUT2D eigenvalue weighted by molar-refractivity contribution is 7.99.